The number of aromatic nitrogens is 2. The summed E-state index contributed by atoms with van der Waals surface area (Å²) in [5.41, 5.74) is 14.3. The van der Waals surface area contributed by atoms with Gasteiger partial charge in [0.1, 0.15) is 52.9 Å². The van der Waals surface area contributed by atoms with Crippen LogP contribution in [0.1, 0.15) is 94.0 Å². The summed E-state index contributed by atoms with van der Waals surface area (Å²) in [4.78, 5) is 106. The maximum Gasteiger partial charge on any atom is 0.251 e. The van der Waals surface area contributed by atoms with E-state index in [1.165, 1.54) is 80.7 Å². The van der Waals surface area contributed by atoms with E-state index < -0.39 is 152 Å². The zero-order valence-corrected chi connectivity index (χ0v) is 53.1. The molecular weight excluding hydrogens is 1220 g/mol. The molecule has 506 valence electrons. The fourth-order valence-electron chi connectivity index (χ4n) is 12.8. The number of rotatable bonds is 18. The second kappa shape index (κ2) is 32.1. The van der Waals surface area contributed by atoms with E-state index in [1.54, 1.807) is 12.1 Å². The van der Waals surface area contributed by atoms with Gasteiger partial charge in [-0.05, 0) is 106 Å². The van der Waals surface area contributed by atoms with Gasteiger partial charge in [0.25, 0.3) is 5.91 Å². The van der Waals surface area contributed by atoms with Gasteiger partial charge in [-0.25, -0.2) is 0 Å². The number of benzene rings is 3. The monoisotopic (exact) mass is 1310 g/mol. The minimum absolute atomic E-state index is 0.00392. The second-order valence-electron chi connectivity index (χ2n) is 25.1. The predicted molar refractivity (Wildman–Crippen MR) is 340 cm³/mol. The Hall–Kier alpha value is -7.45. The van der Waals surface area contributed by atoms with Crippen molar-refractivity contribution in [2.45, 2.75) is 163 Å². The maximum absolute atomic E-state index is 14.7. The van der Waals surface area contributed by atoms with E-state index >= 15 is 0 Å². The van der Waals surface area contributed by atoms with E-state index in [2.05, 4.69) is 53.8 Å². The predicted octanol–water partition coefficient (Wildman–Crippen LogP) is -1.22. The molecule has 13 atom stereocenters. The first-order valence-corrected chi connectivity index (χ1v) is 32.9. The van der Waals surface area contributed by atoms with Gasteiger partial charge in [-0.2, -0.15) is 0 Å². The number of anilines is 1. The first kappa shape index (κ1) is 69.9. The number of phenolic OH excluding ortho intramolecular Hbond substituents is 1. The van der Waals surface area contributed by atoms with E-state index in [-0.39, 0.29) is 61.4 Å². The highest BCUT2D eigenvalue weighted by Gasteiger charge is 2.50. The second-order valence-corrected chi connectivity index (χ2v) is 26.1. The van der Waals surface area contributed by atoms with Crippen molar-refractivity contribution in [2.24, 2.45) is 23.3 Å². The van der Waals surface area contributed by atoms with E-state index in [0.29, 0.717) is 21.5 Å². The highest BCUT2D eigenvalue weighted by atomic mass is 32.1. The Balaban J connectivity index is 0.938. The highest BCUT2D eigenvalue weighted by molar-refractivity contribution is 7.17. The van der Waals surface area contributed by atoms with Gasteiger partial charge in [-0.15, -0.1) is 10.2 Å². The van der Waals surface area contributed by atoms with Crippen molar-refractivity contribution in [3.8, 4) is 32.6 Å². The molecule has 29 heteroatoms. The molecule has 5 fully saturated rings. The highest BCUT2D eigenvalue weighted by Crippen LogP contribution is 2.34. The number of aliphatic hydroxyl groups is 6. The van der Waals surface area contributed by atoms with E-state index in [4.69, 9.17) is 20.9 Å². The summed E-state index contributed by atoms with van der Waals surface area (Å²) in [6, 6.07) is 7.47. The standard InChI is InChI=1S/C64H88N12O16S/c1-34-31-76-54(55(34)83)60(88)67-30-42(78)28-45(68-56(84)38-9-11-39(12-10-38)61-72-73-62(93-61)40-13-15-41(16-14-40)74-23-19-44(20-24-74)92-33-36-6-4-3-5-7-36)57(85)69-51(35(2)77)63(89)75-32-43(79)29-46(75)58(86)70-52(59(87)71-53(64(76)90)48(81)18-21-65)49(82)26-37-8-17-47(80)50(27-37)91-25-22-66/h8-17,27,34-36,42-46,48-49,51-55,77-83H,3-7,18-26,28-33,65-66H2,1-2H3,(H,67,88)(H,68,84)(H,69,85)(H,70,86)(H,71,87)/t34-,35+,42+,43+,45?,46-,48+,49+,51-,52-,53-,54-,55-/m0/s1. The Morgan fingerprint density at radius 2 is 1.38 bits per heavy atom. The number of piperidine rings is 1. The number of hydrogen-bond acceptors (Lipinski definition) is 22. The molecule has 4 aromatic rings. The van der Waals surface area contributed by atoms with Gasteiger partial charge in [0.2, 0.25) is 35.4 Å². The molecule has 16 N–H and O–H groups in total. The number of fused-ring (bicyclic) bond motifs is 2. The molecule has 0 spiro atoms. The Kier molecular flexibility index (Phi) is 24.1. The van der Waals surface area contributed by atoms with Crippen molar-refractivity contribution in [1.82, 2.24) is 46.6 Å². The van der Waals surface area contributed by atoms with Crippen molar-refractivity contribution in [1.29, 1.82) is 0 Å². The molecule has 4 aliphatic heterocycles. The number of carbonyl (C=O) groups excluding carboxylic acids is 7. The molecule has 7 amide bonds. The van der Waals surface area contributed by atoms with Crippen LogP contribution in [-0.4, -0.2) is 235 Å². The molecule has 28 nitrogen and oxygen atoms in total. The van der Waals surface area contributed by atoms with Crippen LogP contribution in [0.2, 0.25) is 0 Å². The van der Waals surface area contributed by atoms with Crippen molar-refractivity contribution in [3.05, 3.63) is 77.9 Å². The first-order valence-electron chi connectivity index (χ1n) is 32.1. The Bertz CT molecular complexity index is 3220. The summed E-state index contributed by atoms with van der Waals surface area (Å²) in [5.74, 6) is -7.94. The van der Waals surface area contributed by atoms with E-state index in [1.807, 2.05) is 12.1 Å². The minimum Gasteiger partial charge on any atom is -0.504 e. The third kappa shape index (κ3) is 17.5. The number of amides is 7. The number of aromatic hydroxyl groups is 1. The molecule has 0 bridgehead atoms. The topological polar surface area (TPSA) is 427 Å². The van der Waals surface area contributed by atoms with Gasteiger partial charge in [0, 0.05) is 93.4 Å². The normalized spacial score (nSPS) is 27.0. The molecular formula is C64H88N12O16S. The average molecular weight is 1310 g/mol. The van der Waals surface area contributed by atoms with Crippen LogP contribution in [0.3, 0.4) is 0 Å². The summed E-state index contributed by atoms with van der Waals surface area (Å²) in [6.07, 6.45) is -3.14. The van der Waals surface area contributed by atoms with Gasteiger partial charge in [0.05, 0.1) is 42.7 Å². The Labute approximate surface area is 542 Å². The number of hydrogen-bond donors (Lipinski definition) is 14. The minimum atomic E-state index is -2.04. The lowest BCUT2D eigenvalue weighted by molar-refractivity contribution is -0.147. The number of β-amino-alcohol motifs (C(OH)–C–C–N with tert-alkyl or cyclic N) is 1. The van der Waals surface area contributed by atoms with Crippen LogP contribution < -0.4 is 47.7 Å². The van der Waals surface area contributed by atoms with Gasteiger partial charge < -0.3 is 98.0 Å². The van der Waals surface area contributed by atoms with E-state index in [0.717, 1.165) is 60.5 Å². The molecule has 1 saturated carbocycles. The SMILES string of the molecule is C[C@@H](O)[C@@H]1NC(=O)C(NC(=O)c2ccc(-c3nnc(-c4ccc(N5CCC(OCC6CCCCC6)CC5)cc4)s3)cc2)C[C@@H](O)CNC(=O)[C@@H]2[C@@H](O)[C@@H](C)CN2C(=O)[C@H]([C@H](O)CCN)NC(=O)[C@H]([C@H](O)Cc2ccc(O)c(OCCN)c2)NC(=O)[C@@H]2C[C@@H](O)CN2C1=O. The summed E-state index contributed by atoms with van der Waals surface area (Å²) >= 11 is 1.35. The van der Waals surface area contributed by atoms with Crippen LogP contribution >= 0.6 is 11.3 Å². The molecule has 5 heterocycles. The van der Waals surface area contributed by atoms with Crippen molar-refractivity contribution < 1.29 is 78.8 Å². The zero-order valence-electron chi connectivity index (χ0n) is 52.3. The van der Waals surface area contributed by atoms with Gasteiger partial charge in [0.15, 0.2) is 11.5 Å². The van der Waals surface area contributed by atoms with Crippen LogP contribution in [0.15, 0.2) is 66.7 Å². The van der Waals surface area contributed by atoms with E-state index in [9.17, 15) is 69.3 Å². The molecule has 9 rings (SSSR count). The first-order chi connectivity index (χ1) is 44.6. The summed E-state index contributed by atoms with van der Waals surface area (Å²) in [6.45, 7) is 3.76. The summed E-state index contributed by atoms with van der Waals surface area (Å²) in [7, 11) is 0. The number of phenols is 1. The van der Waals surface area contributed by atoms with Crippen LogP contribution in [0.25, 0.3) is 21.1 Å². The van der Waals surface area contributed by atoms with Crippen molar-refractivity contribution in [3.63, 3.8) is 0 Å². The number of aliphatic hydroxyl groups excluding tert-OH is 6. The van der Waals surface area contributed by atoms with Gasteiger partial charge >= 0.3 is 0 Å². The molecule has 1 unspecified atom stereocenters. The van der Waals surface area contributed by atoms with Gasteiger partial charge in [-0.1, -0.05) is 55.7 Å². The summed E-state index contributed by atoms with van der Waals surface area (Å²) < 4.78 is 11.9. The smallest absolute Gasteiger partial charge is 0.251 e. The molecule has 5 aliphatic rings. The van der Waals surface area contributed by atoms with Gasteiger partial charge in [-0.3, -0.25) is 33.6 Å². The van der Waals surface area contributed by atoms with Crippen molar-refractivity contribution >= 4 is 58.4 Å². The quantitative estimate of drug-likeness (QED) is 0.0555. The Morgan fingerprint density at radius 3 is 2.03 bits per heavy atom. The Morgan fingerprint density at radius 1 is 0.731 bits per heavy atom. The van der Waals surface area contributed by atoms with Crippen LogP contribution in [-0.2, 0) is 39.9 Å². The molecule has 93 heavy (non-hydrogen) atoms. The third-order valence-corrected chi connectivity index (χ3v) is 19.1. The maximum atomic E-state index is 14.7. The molecule has 3 aromatic carbocycles. The largest absolute Gasteiger partial charge is 0.504 e. The van der Waals surface area contributed by atoms with Crippen molar-refractivity contribution in [2.75, 3.05) is 63.9 Å². The number of nitrogens with zero attached hydrogens (tertiary/aromatic N) is 5. The fraction of sp³-hybridized carbons (Fsp3) is 0.578. The number of ether oxygens (including phenoxy) is 2. The average Bonchev–Trinajstić information content (AvgIpc) is 1.72. The third-order valence-electron chi connectivity index (χ3n) is 18.1. The molecule has 1 aromatic heterocycles. The lowest BCUT2D eigenvalue weighted by Gasteiger charge is -2.34. The molecule has 0 radical (unpaired) electrons. The number of nitrogens with one attached hydrogen (secondary N) is 5. The summed E-state index contributed by atoms with van der Waals surface area (Å²) in [5, 5.41) is 102. The lowest BCUT2D eigenvalue weighted by atomic mass is 9.90. The molecule has 4 saturated heterocycles. The zero-order chi connectivity index (χ0) is 66.6. The van der Waals surface area contributed by atoms with Crippen LogP contribution in [0.5, 0.6) is 11.5 Å². The van der Waals surface area contributed by atoms with Crippen LogP contribution in [0.4, 0.5) is 5.69 Å². The number of nitrogens with two attached hydrogens (primary N) is 2. The number of carbonyl (C=O) groups is 7. The lowest BCUT2D eigenvalue weighted by Crippen LogP contribution is -2.64. The fourth-order valence-corrected chi connectivity index (χ4v) is 13.6. The molecule has 1 aliphatic carbocycles. The van der Waals surface area contributed by atoms with Crippen LogP contribution in [0, 0.1) is 11.8 Å².